The summed E-state index contributed by atoms with van der Waals surface area (Å²) in [7, 11) is 0. The van der Waals surface area contributed by atoms with Crippen LogP contribution in [0.1, 0.15) is 10.5 Å². The van der Waals surface area contributed by atoms with E-state index in [4.69, 9.17) is 11.5 Å². The van der Waals surface area contributed by atoms with E-state index in [1.54, 1.807) is 18.2 Å². The zero-order valence-electron chi connectivity index (χ0n) is 10.9. The molecule has 0 unspecified atom stereocenters. The summed E-state index contributed by atoms with van der Waals surface area (Å²) in [5.74, 6) is -2.75. The lowest BCUT2D eigenvalue weighted by Gasteiger charge is -2.19. The quantitative estimate of drug-likeness (QED) is 0.610. The number of fused-ring (bicyclic) bond motifs is 1. The number of imidazole rings is 1. The van der Waals surface area contributed by atoms with Crippen molar-refractivity contribution in [1.29, 1.82) is 0 Å². The maximum absolute atomic E-state index is 11.5. The Morgan fingerprint density at radius 1 is 1.19 bits per heavy atom. The molecule has 9 nitrogen and oxygen atoms in total. The van der Waals surface area contributed by atoms with Crippen molar-refractivity contribution in [3.05, 3.63) is 30.1 Å². The zero-order chi connectivity index (χ0) is 15.6. The molecule has 0 aromatic carbocycles. The summed E-state index contributed by atoms with van der Waals surface area (Å²) in [5.41, 5.74) is 10.4. The van der Waals surface area contributed by atoms with E-state index < -0.39 is 17.8 Å². The van der Waals surface area contributed by atoms with Gasteiger partial charge in [-0.2, -0.15) is 0 Å². The Kier molecular flexibility index (Phi) is 3.74. The van der Waals surface area contributed by atoms with E-state index in [0.29, 0.717) is 5.65 Å². The first-order valence-corrected chi connectivity index (χ1v) is 5.92. The lowest BCUT2D eigenvalue weighted by molar-refractivity contribution is -0.117. The number of hydrogen-bond acceptors (Lipinski definition) is 5. The summed E-state index contributed by atoms with van der Waals surface area (Å²) >= 11 is 0. The van der Waals surface area contributed by atoms with Gasteiger partial charge in [-0.05, 0) is 12.1 Å². The molecule has 2 amide bonds. The van der Waals surface area contributed by atoms with E-state index in [1.807, 2.05) is 0 Å². The summed E-state index contributed by atoms with van der Waals surface area (Å²) in [6, 6.07) is 4.92. The van der Waals surface area contributed by atoms with Crippen molar-refractivity contribution in [2.45, 2.75) is 0 Å². The topological polar surface area (TPSA) is 144 Å². The van der Waals surface area contributed by atoms with Gasteiger partial charge in [-0.3, -0.25) is 14.0 Å². The molecule has 0 aliphatic heterocycles. The van der Waals surface area contributed by atoms with Gasteiger partial charge in [-0.15, -0.1) is 0 Å². The minimum atomic E-state index is -1.25. The predicted molar refractivity (Wildman–Crippen MR) is 72.8 cm³/mol. The molecule has 0 bridgehead atoms. The van der Waals surface area contributed by atoms with Crippen LogP contribution in [0.3, 0.4) is 0 Å². The lowest BCUT2D eigenvalue weighted by Crippen LogP contribution is -2.40. The van der Waals surface area contributed by atoms with E-state index >= 15 is 0 Å². The third-order valence-electron chi connectivity index (χ3n) is 2.71. The number of primary amides is 2. The molecule has 2 aromatic rings. The number of hydrogen-bond donors (Lipinski definition) is 3. The van der Waals surface area contributed by atoms with Crippen molar-refractivity contribution < 1.29 is 19.5 Å². The van der Waals surface area contributed by atoms with Gasteiger partial charge in [-0.1, -0.05) is 6.07 Å². The highest BCUT2D eigenvalue weighted by atomic mass is 16.4. The summed E-state index contributed by atoms with van der Waals surface area (Å²) in [4.78, 5) is 38.9. The molecule has 0 spiro atoms. The number of carbonyl (C=O) groups excluding carboxylic acids is 2. The fourth-order valence-corrected chi connectivity index (χ4v) is 1.98. The highest BCUT2D eigenvalue weighted by molar-refractivity contribution is 5.95. The minimum absolute atomic E-state index is 0.0358. The first kappa shape index (κ1) is 14.3. The van der Waals surface area contributed by atoms with Crippen molar-refractivity contribution in [1.82, 2.24) is 9.38 Å². The van der Waals surface area contributed by atoms with Crippen molar-refractivity contribution in [3.63, 3.8) is 0 Å². The van der Waals surface area contributed by atoms with Gasteiger partial charge in [0.25, 0.3) is 0 Å². The average Bonchev–Trinajstić information content (AvgIpc) is 2.75. The summed E-state index contributed by atoms with van der Waals surface area (Å²) in [5, 5.41) is 9.35. The second kappa shape index (κ2) is 5.49. The number of aromatic nitrogens is 2. The Hall–Kier alpha value is -3.10. The molecule has 5 N–H and O–H groups in total. The van der Waals surface area contributed by atoms with E-state index in [2.05, 4.69) is 4.98 Å². The monoisotopic (exact) mass is 291 g/mol. The average molecular weight is 291 g/mol. The van der Waals surface area contributed by atoms with Crippen molar-refractivity contribution in [2.24, 2.45) is 11.5 Å². The Bertz CT molecular complexity index is 708. The third-order valence-corrected chi connectivity index (χ3v) is 2.71. The minimum Gasteiger partial charge on any atom is -0.476 e. The van der Waals surface area contributed by atoms with Gasteiger partial charge >= 0.3 is 5.97 Å². The first-order valence-electron chi connectivity index (χ1n) is 5.92. The van der Waals surface area contributed by atoms with Crippen LogP contribution in [0.15, 0.2) is 24.4 Å². The number of rotatable bonds is 6. The smallest absolute Gasteiger partial charge is 0.356 e. The van der Waals surface area contributed by atoms with Gasteiger partial charge in [-0.25, -0.2) is 9.78 Å². The number of carbonyl (C=O) groups is 3. The number of nitrogens with two attached hydrogens (primary N) is 2. The standard InChI is InChI=1S/C12H13N5O4/c13-7(18)5-16(6-8(14)19)11-10(12(20)21)17-4-2-1-3-9(17)15-11/h1-4H,5-6H2,(H2,13,18)(H2,14,19)(H,20,21). The highest BCUT2D eigenvalue weighted by Crippen LogP contribution is 2.21. The fraction of sp³-hybridized carbons (Fsp3) is 0.167. The largest absolute Gasteiger partial charge is 0.476 e. The molecule has 2 heterocycles. The number of amides is 2. The van der Waals surface area contributed by atoms with Crippen LogP contribution in [0.4, 0.5) is 5.82 Å². The molecular formula is C12H13N5O4. The van der Waals surface area contributed by atoms with E-state index in [9.17, 15) is 19.5 Å². The molecule has 0 radical (unpaired) electrons. The molecule has 21 heavy (non-hydrogen) atoms. The molecule has 110 valence electrons. The number of anilines is 1. The fourth-order valence-electron chi connectivity index (χ4n) is 1.98. The number of carboxylic acid groups (broad SMARTS) is 1. The van der Waals surface area contributed by atoms with Gasteiger partial charge in [0.1, 0.15) is 5.65 Å². The molecule has 0 saturated carbocycles. The number of nitrogens with zero attached hydrogens (tertiary/aromatic N) is 3. The van der Waals surface area contributed by atoms with Crippen LogP contribution < -0.4 is 16.4 Å². The first-order chi connectivity index (χ1) is 9.90. The molecule has 9 heteroatoms. The van der Waals surface area contributed by atoms with Crippen molar-refractivity contribution in [2.75, 3.05) is 18.0 Å². The van der Waals surface area contributed by atoms with Gasteiger partial charge < -0.3 is 21.5 Å². The van der Waals surface area contributed by atoms with Crippen LogP contribution in [0.5, 0.6) is 0 Å². The maximum atomic E-state index is 11.5. The molecule has 0 aliphatic rings. The molecule has 0 aliphatic carbocycles. The van der Waals surface area contributed by atoms with Gasteiger partial charge in [0.05, 0.1) is 13.1 Å². The molecule has 0 atom stereocenters. The summed E-state index contributed by atoms with van der Waals surface area (Å²) in [6.45, 7) is -0.736. The lowest BCUT2D eigenvalue weighted by atomic mass is 10.3. The molecule has 0 fully saturated rings. The third kappa shape index (κ3) is 2.91. The Morgan fingerprint density at radius 3 is 2.33 bits per heavy atom. The van der Waals surface area contributed by atoms with Crippen molar-refractivity contribution >= 4 is 29.2 Å². The highest BCUT2D eigenvalue weighted by Gasteiger charge is 2.25. The number of aromatic carboxylic acids is 1. The summed E-state index contributed by atoms with van der Waals surface area (Å²) in [6.07, 6.45) is 1.52. The Labute approximate surface area is 118 Å². The molecule has 2 rings (SSSR count). The SMILES string of the molecule is NC(=O)CN(CC(N)=O)c1nc2ccccn2c1C(=O)O. The van der Waals surface area contributed by atoms with Crippen LogP contribution in [-0.4, -0.2) is 45.4 Å². The maximum Gasteiger partial charge on any atom is 0.356 e. The van der Waals surface area contributed by atoms with Crippen LogP contribution in [0.2, 0.25) is 0 Å². The predicted octanol–water partition coefficient (Wildman–Crippen LogP) is -1.19. The zero-order valence-corrected chi connectivity index (χ0v) is 10.9. The van der Waals surface area contributed by atoms with E-state index in [-0.39, 0.29) is 24.6 Å². The van der Waals surface area contributed by atoms with Gasteiger partial charge in [0.2, 0.25) is 11.8 Å². The second-order valence-electron chi connectivity index (χ2n) is 4.31. The van der Waals surface area contributed by atoms with Gasteiger partial charge in [0.15, 0.2) is 11.5 Å². The number of carboxylic acids is 1. The van der Waals surface area contributed by atoms with E-state index in [0.717, 1.165) is 4.90 Å². The molecule has 2 aromatic heterocycles. The molecule has 0 saturated heterocycles. The van der Waals surface area contributed by atoms with Crippen LogP contribution >= 0.6 is 0 Å². The second-order valence-corrected chi connectivity index (χ2v) is 4.31. The van der Waals surface area contributed by atoms with Crippen LogP contribution in [-0.2, 0) is 9.59 Å². The normalized spacial score (nSPS) is 10.5. The van der Waals surface area contributed by atoms with Gasteiger partial charge in [0, 0.05) is 6.20 Å². The molecular weight excluding hydrogens is 278 g/mol. The number of pyridine rings is 1. The Morgan fingerprint density at radius 2 is 1.81 bits per heavy atom. The Balaban J connectivity index is 2.60. The van der Waals surface area contributed by atoms with Crippen LogP contribution in [0.25, 0.3) is 5.65 Å². The van der Waals surface area contributed by atoms with Crippen LogP contribution in [0, 0.1) is 0 Å². The van der Waals surface area contributed by atoms with E-state index in [1.165, 1.54) is 10.6 Å². The summed E-state index contributed by atoms with van der Waals surface area (Å²) < 4.78 is 1.34. The van der Waals surface area contributed by atoms with Crippen molar-refractivity contribution in [3.8, 4) is 0 Å².